The Labute approximate surface area is 124 Å². The smallest absolute Gasteiger partial charge is 0.227 e. The van der Waals surface area contributed by atoms with E-state index in [1.165, 1.54) is 0 Å². The number of fused-ring (bicyclic) bond motifs is 1. The minimum absolute atomic E-state index is 0.0160. The highest BCUT2D eigenvalue weighted by molar-refractivity contribution is 5.94. The van der Waals surface area contributed by atoms with Gasteiger partial charge >= 0.3 is 0 Å². The summed E-state index contributed by atoms with van der Waals surface area (Å²) in [6.45, 7) is 0.600. The van der Waals surface area contributed by atoms with E-state index in [4.69, 9.17) is 5.73 Å². The molecule has 1 atom stereocenters. The molecule has 3 rings (SSSR count). The standard InChI is InChI=1S/C17H19N3O/c18-15-10-14-5-1-2-6-16(14)20(12-15)17(21)8-7-13-4-3-9-19-11-13/h1-6,9,11,15H,7-8,10,12,18H2. The molecule has 0 radical (unpaired) electrons. The predicted molar refractivity (Wildman–Crippen MR) is 83.0 cm³/mol. The maximum atomic E-state index is 12.5. The lowest BCUT2D eigenvalue weighted by Crippen LogP contribution is -2.46. The van der Waals surface area contributed by atoms with Gasteiger partial charge in [0, 0.05) is 37.1 Å². The van der Waals surface area contributed by atoms with Crippen molar-refractivity contribution in [3.63, 3.8) is 0 Å². The van der Waals surface area contributed by atoms with Gasteiger partial charge in [0.1, 0.15) is 0 Å². The van der Waals surface area contributed by atoms with Gasteiger partial charge in [-0.2, -0.15) is 0 Å². The number of aryl methyl sites for hydroxylation is 1. The van der Waals surface area contributed by atoms with Crippen LogP contribution in [0.1, 0.15) is 17.5 Å². The van der Waals surface area contributed by atoms with Gasteiger partial charge < -0.3 is 10.6 Å². The number of carbonyl (C=O) groups is 1. The molecule has 0 saturated carbocycles. The Hall–Kier alpha value is -2.20. The van der Waals surface area contributed by atoms with Gasteiger partial charge in [-0.25, -0.2) is 0 Å². The summed E-state index contributed by atoms with van der Waals surface area (Å²) < 4.78 is 0. The van der Waals surface area contributed by atoms with Gasteiger partial charge in [0.15, 0.2) is 0 Å². The second kappa shape index (κ2) is 6.06. The molecule has 0 aliphatic carbocycles. The molecule has 1 aromatic carbocycles. The molecule has 4 nitrogen and oxygen atoms in total. The molecular formula is C17H19N3O. The molecular weight excluding hydrogens is 262 g/mol. The zero-order chi connectivity index (χ0) is 14.7. The summed E-state index contributed by atoms with van der Waals surface area (Å²) in [7, 11) is 0. The van der Waals surface area contributed by atoms with Crippen LogP contribution in [0.25, 0.3) is 0 Å². The fourth-order valence-corrected chi connectivity index (χ4v) is 2.80. The van der Waals surface area contributed by atoms with E-state index >= 15 is 0 Å². The number of hydrogen-bond acceptors (Lipinski definition) is 3. The quantitative estimate of drug-likeness (QED) is 0.935. The van der Waals surface area contributed by atoms with Crippen LogP contribution in [-0.4, -0.2) is 23.5 Å². The number of benzene rings is 1. The van der Waals surface area contributed by atoms with Crippen molar-refractivity contribution in [3.05, 3.63) is 59.9 Å². The third-order valence-corrected chi connectivity index (χ3v) is 3.83. The first-order valence-corrected chi connectivity index (χ1v) is 7.27. The van der Waals surface area contributed by atoms with Gasteiger partial charge in [-0.1, -0.05) is 24.3 Å². The maximum absolute atomic E-state index is 12.5. The van der Waals surface area contributed by atoms with Crippen LogP contribution in [0.4, 0.5) is 5.69 Å². The van der Waals surface area contributed by atoms with Crippen LogP contribution in [0.3, 0.4) is 0 Å². The second-order valence-electron chi connectivity index (χ2n) is 5.46. The van der Waals surface area contributed by atoms with E-state index in [9.17, 15) is 4.79 Å². The summed E-state index contributed by atoms with van der Waals surface area (Å²) in [4.78, 5) is 18.4. The van der Waals surface area contributed by atoms with Crippen molar-refractivity contribution in [1.29, 1.82) is 0 Å². The molecule has 0 spiro atoms. The van der Waals surface area contributed by atoms with Crippen LogP contribution in [0, 0.1) is 0 Å². The molecule has 1 amide bonds. The fourth-order valence-electron chi connectivity index (χ4n) is 2.80. The second-order valence-corrected chi connectivity index (χ2v) is 5.46. The number of pyridine rings is 1. The highest BCUT2D eigenvalue weighted by Crippen LogP contribution is 2.27. The Bertz CT molecular complexity index is 627. The molecule has 1 aromatic heterocycles. The molecule has 21 heavy (non-hydrogen) atoms. The third kappa shape index (κ3) is 3.11. The summed E-state index contributed by atoms with van der Waals surface area (Å²) in [6, 6.07) is 11.9. The number of anilines is 1. The molecule has 4 heteroatoms. The number of amides is 1. The van der Waals surface area contributed by atoms with Gasteiger partial charge in [0.25, 0.3) is 0 Å². The van der Waals surface area contributed by atoms with Crippen LogP contribution >= 0.6 is 0 Å². The number of para-hydroxylation sites is 1. The number of hydrogen-bond donors (Lipinski definition) is 1. The van der Waals surface area contributed by atoms with E-state index in [0.717, 1.165) is 23.2 Å². The van der Waals surface area contributed by atoms with Crippen molar-refractivity contribution < 1.29 is 4.79 Å². The number of rotatable bonds is 3. The molecule has 2 N–H and O–H groups in total. The Morgan fingerprint density at radius 1 is 1.29 bits per heavy atom. The van der Waals surface area contributed by atoms with Crippen molar-refractivity contribution in [2.45, 2.75) is 25.3 Å². The number of nitrogens with zero attached hydrogens (tertiary/aromatic N) is 2. The average molecular weight is 281 g/mol. The summed E-state index contributed by atoms with van der Waals surface area (Å²) in [5, 5.41) is 0. The average Bonchev–Trinajstić information content (AvgIpc) is 2.52. The lowest BCUT2D eigenvalue weighted by molar-refractivity contribution is -0.118. The summed E-state index contributed by atoms with van der Waals surface area (Å²) in [6.07, 6.45) is 5.57. The Balaban J connectivity index is 1.73. The number of nitrogens with two attached hydrogens (primary N) is 1. The van der Waals surface area contributed by atoms with Crippen LogP contribution in [0.15, 0.2) is 48.8 Å². The Morgan fingerprint density at radius 3 is 2.95 bits per heavy atom. The Kier molecular flexibility index (Phi) is 3.97. The zero-order valence-electron chi connectivity index (χ0n) is 11.9. The monoisotopic (exact) mass is 281 g/mol. The van der Waals surface area contributed by atoms with E-state index in [0.29, 0.717) is 19.4 Å². The molecule has 0 saturated heterocycles. The van der Waals surface area contributed by atoms with Crippen LogP contribution < -0.4 is 10.6 Å². The molecule has 0 bridgehead atoms. The van der Waals surface area contributed by atoms with Crippen LogP contribution in [-0.2, 0) is 17.6 Å². The minimum Gasteiger partial charge on any atom is -0.326 e. The topological polar surface area (TPSA) is 59.2 Å². The number of carbonyl (C=O) groups excluding carboxylic acids is 1. The first-order chi connectivity index (χ1) is 10.2. The van der Waals surface area contributed by atoms with Crippen molar-refractivity contribution in [1.82, 2.24) is 4.98 Å². The summed E-state index contributed by atoms with van der Waals surface area (Å²) in [5.74, 6) is 0.126. The van der Waals surface area contributed by atoms with E-state index in [1.54, 1.807) is 6.20 Å². The molecule has 108 valence electrons. The molecule has 2 aromatic rings. The highest BCUT2D eigenvalue weighted by Gasteiger charge is 2.25. The van der Waals surface area contributed by atoms with E-state index < -0.39 is 0 Å². The SMILES string of the molecule is NC1Cc2ccccc2N(C(=O)CCc2cccnc2)C1. The first-order valence-electron chi connectivity index (χ1n) is 7.27. The van der Waals surface area contributed by atoms with Crippen molar-refractivity contribution in [3.8, 4) is 0 Å². The van der Waals surface area contributed by atoms with Gasteiger partial charge in [0.05, 0.1) is 0 Å². The largest absolute Gasteiger partial charge is 0.326 e. The van der Waals surface area contributed by atoms with Crippen molar-refractivity contribution in [2.24, 2.45) is 5.73 Å². The lowest BCUT2D eigenvalue weighted by Gasteiger charge is -2.33. The maximum Gasteiger partial charge on any atom is 0.227 e. The normalized spacial score (nSPS) is 17.4. The minimum atomic E-state index is 0.0160. The third-order valence-electron chi connectivity index (χ3n) is 3.83. The zero-order valence-corrected chi connectivity index (χ0v) is 11.9. The molecule has 1 aliphatic heterocycles. The molecule has 1 aliphatic rings. The van der Waals surface area contributed by atoms with Gasteiger partial charge in [0.2, 0.25) is 5.91 Å². The first kappa shape index (κ1) is 13.8. The number of aromatic nitrogens is 1. The molecule has 1 unspecified atom stereocenters. The lowest BCUT2D eigenvalue weighted by atomic mass is 9.98. The molecule has 0 fully saturated rings. The Morgan fingerprint density at radius 2 is 2.14 bits per heavy atom. The highest BCUT2D eigenvalue weighted by atomic mass is 16.2. The van der Waals surface area contributed by atoms with Crippen molar-refractivity contribution in [2.75, 3.05) is 11.4 Å². The van der Waals surface area contributed by atoms with Gasteiger partial charge in [-0.3, -0.25) is 9.78 Å². The summed E-state index contributed by atoms with van der Waals surface area (Å²) >= 11 is 0. The van der Waals surface area contributed by atoms with Gasteiger partial charge in [-0.05, 0) is 36.1 Å². The van der Waals surface area contributed by atoms with E-state index in [-0.39, 0.29) is 11.9 Å². The van der Waals surface area contributed by atoms with Crippen LogP contribution in [0.2, 0.25) is 0 Å². The van der Waals surface area contributed by atoms with Crippen LogP contribution in [0.5, 0.6) is 0 Å². The fraction of sp³-hybridized carbons (Fsp3) is 0.294. The van der Waals surface area contributed by atoms with E-state index in [1.807, 2.05) is 41.4 Å². The van der Waals surface area contributed by atoms with E-state index in [2.05, 4.69) is 11.1 Å². The van der Waals surface area contributed by atoms with Gasteiger partial charge in [-0.15, -0.1) is 0 Å². The predicted octanol–water partition coefficient (Wildman–Crippen LogP) is 1.93. The molecule has 2 heterocycles. The van der Waals surface area contributed by atoms with Crippen molar-refractivity contribution >= 4 is 11.6 Å². The summed E-state index contributed by atoms with van der Waals surface area (Å²) in [5.41, 5.74) is 9.33.